The fourth-order valence-electron chi connectivity index (χ4n) is 2.10. The number of hydrogen-bond donors (Lipinski definition) is 1. The molecule has 1 aromatic heterocycles. The van der Waals surface area contributed by atoms with Crippen molar-refractivity contribution in [1.82, 2.24) is 15.1 Å². The maximum absolute atomic E-state index is 9.14. The molecule has 5 heteroatoms. The van der Waals surface area contributed by atoms with Crippen molar-refractivity contribution in [2.24, 2.45) is 5.92 Å². The highest BCUT2D eigenvalue weighted by Gasteiger charge is 2.19. The molecule has 16 heavy (non-hydrogen) atoms. The lowest BCUT2D eigenvalue weighted by Crippen LogP contribution is -2.36. The fraction of sp³-hybridized carbons (Fsp3) is 0.636. The molecule has 88 valence electrons. The highest BCUT2D eigenvalue weighted by Crippen LogP contribution is 2.17. The van der Waals surface area contributed by atoms with Gasteiger partial charge in [0.05, 0.1) is 5.69 Å². The van der Waals surface area contributed by atoms with E-state index in [1.54, 1.807) is 6.07 Å². The minimum Gasteiger partial charge on any atom is -0.396 e. The van der Waals surface area contributed by atoms with Crippen LogP contribution < -0.4 is 0 Å². The van der Waals surface area contributed by atoms with Gasteiger partial charge in [0.1, 0.15) is 0 Å². The Bertz CT molecular complexity index is 331. The average molecular weight is 242 g/mol. The maximum atomic E-state index is 9.14. The van der Waals surface area contributed by atoms with Gasteiger partial charge in [-0.2, -0.15) is 5.10 Å². The zero-order valence-electron chi connectivity index (χ0n) is 9.14. The number of aliphatic hydroxyl groups is 1. The third-order valence-electron chi connectivity index (χ3n) is 2.93. The van der Waals surface area contributed by atoms with Gasteiger partial charge in [0, 0.05) is 19.7 Å². The second-order valence-corrected chi connectivity index (χ2v) is 4.66. The molecule has 1 fully saturated rings. The summed E-state index contributed by atoms with van der Waals surface area (Å²) in [4.78, 5) is 2.31. The first kappa shape index (κ1) is 11.8. The minimum atomic E-state index is 0.281. The molecule has 0 spiro atoms. The fourth-order valence-corrected chi connectivity index (χ4v) is 2.20. The van der Waals surface area contributed by atoms with E-state index >= 15 is 0 Å². The van der Waals surface area contributed by atoms with Crippen LogP contribution in [0.15, 0.2) is 12.1 Å². The number of piperidine rings is 1. The van der Waals surface area contributed by atoms with Crippen molar-refractivity contribution >= 4 is 11.6 Å². The van der Waals surface area contributed by atoms with Gasteiger partial charge in [0.25, 0.3) is 0 Å². The van der Waals surface area contributed by atoms with Crippen molar-refractivity contribution in [3.05, 3.63) is 23.0 Å². The van der Waals surface area contributed by atoms with E-state index in [1.165, 1.54) is 0 Å². The van der Waals surface area contributed by atoms with E-state index in [0.717, 1.165) is 38.2 Å². The topological polar surface area (TPSA) is 49.2 Å². The molecule has 0 saturated carbocycles. The smallest absolute Gasteiger partial charge is 0.151 e. The van der Waals surface area contributed by atoms with E-state index < -0.39 is 0 Å². The Labute approximate surface area is 100 Å². The van der Waals surface area contributed by atoms with Crippen LogP contribution in [0.2, 0.25) is 5.15 Å². The van der Waals surface area contributed by atoms with E-state index in [2.05, 4.69) is 15.1 Å². The second-order valence-electron chi connectivity index (χ2n) is 4.27. The first-order chi connectivity index (χ1) is 7.78. The molecule has 2 heterocycles. The summed E-state index contributed by atoms with van der Waals surface area (Å²) in [6.07, 6.45) is 2.27. The Morgan fingerprint density at radius 2 is 2.31 bits per heavy atom. The van der Waals surface area contributed by atoms with Crippen molar-refractivity contribution in [1.29, 1.82) is 0 Å². The van der Waals surface area contributed by atoms with Crippen LogP contribution in [-0.4, -0.2) is 39.9 Å². The van der Waals surface area contributed by atoms with Gasteiger partial charge in [-0.15, -0.1) is 5.10 Å². The van der Waals surface area contributed by atoms with E-state index in [9.17, 15) is 0 Å². The lowest BCUT2D eigenvalue weighted by Gasteiger charge is -2.31. The third-order valence-corrected chi connectivity index (χ3v) is 3.14. The van der Waals surface area contributed by atoms with E-state index in [4.69, 9.17) is 16.7 Å². The van der Waals surface area contributed by atoms with Gasteiger partial charge in [-0.25, -0.2) is 0 Å². The van der Waals surface area contributed by atoms with Gasteiger partial charge in [-0.05, 0) is 37.4 Å². The highest BCUT2D eigenvalue weighted by molar-refractivity contribution is 6.29. The lowest BCUT2D eigenvalue weighted by molar-refractivity contribution is 0.115. The van der Waals surface area contributed by atoms with Crippen molar-refractivity contribution in [3.8, 4) is 0 Å². The van der Waals surface area contributed by atoms with Crippen LogP contribution in [0.25, 0.3) is 0 Å². The summed E-state index contributed by atoms with van der Waals surface area (Å²) in [7, 11) is 0. The first-order valence-corrected chi connectivity index (χ1v) is 5.97. The molecule has 1 aromatic rings. The van der Waals surface area contributed by atoms with Crippen LogP contribution in [0.1, 0.15) is 18.5 Å². The largest absolute Gasteiger partial charge is 0.396 e. The Morgan fingerprint density at radius 3 is 3.00 bits per heavy atom. The molecular formula is C11H16ClN3O. The van der Waals surface area contributed by atoms with Crippen LogP contribution in [0.4, 0.5) is 0 Å². The minimum absolute atomic E-state index is 0.281. The number of hydrogen-bond acceptors (Lipinski definition) is 4. The Balaban J connectivity index is 1.91. The number of aromatic nitrogens is 2. The van der Waals surface area contributed by atoms with Crippen molar-refractivity contribution in [3.63, 3.8) is 0 Å². The molecule has 0 aromatic carbocycles. The number of nitrogens with zero attached hydrogens (tertiary/aromatic N) is 3. The van der Waals surface area contributed by atoms with Crippen LogP contribution in [-0.2, 0) is 6.54 Å². The van der Waals surface area contributed by atoms with Crippen molar-refractivity contribution in [2.75, 3.05) is 19.7 Å². The standard InChI is InChI=1S/C11H16ClN3O/c12-11-4-3-10(13-14-11)7-15-5-1-2-9(6-15)8-16/h3-4,9,16H,1-2,5-8H2/t9-/m0/s1. The average Bonchev–Trinajstić information content (AvgIpc) is 2.32. The Kier molecular flexibility index (Phi) is 4.09. The summed E-state index contributed by atoms with van der Waals surface area (Å²) in [5.74, 6) is 0.411. The van der Waals surface area contributed by atoms with Gasteiger partial charge >= 0.3 is 0 Å². The van der Waals surface area contributed by atoms with Gasteiger partial charge in [-0.3, -0.25) is 4.90 Å². The van der Waals surface area contributed by atoms with Crippen LogP contribution in [0, 0.1) is 5.92 Å². The first-order valence-electron chi connectivity index (χ1n) is 5.59. The zero-order valence-corrected chi connectivity index (χ0v) is 9.90. The van der Waals surface area contributed by atoms with E-state index in [0.29, 0.717) is 11.1 Å². The molecule has 4 nitrogen and oxygen atoms in total. The molecule has 1 N–H and O–H groups in total. The van der Waals surface area contributed by atoms with E-state index in [-0.39, 0.29) is 6.61 Å². The molecule has 0 aliphatic carbocycles. The molecule has 0 unspecified atom stereocenters. The van der Waals surface area contributed by atoms with Crippen LogP contribution >= 0.6 is 11.6 Å². The zero-order chi connectivity index (χ0) is 11.4. The molecule has 0 amide bonds. The van der Waals surface area contributed by atoms with Gasteiger partial charge in [-0.1, -0.05) is 11.6 Å². The molecule has 2 rings (SSSR count). The molecular weight excluding hydrogens is 226 g/mol. The second kappa shape index (κ2) is 5.57. The number of aliphatic hydroxyl groups excluding tert-OH is 1. The maximum Gasteiger partial charge on any atom is 0.151 e. The lowest BCUT2D eigenvalue weighted by atomic mass is 9.99. The molecule has 1 saturated heterocycles. The molecule has 1 aliphatic heterocycles. The van der Waals surface area contributed by atoms with Gasteiger partial charge in [0.15, 0.2) is 5.15 Å². The van der Waals surface area contributed by atoms with Crippen LogP contribution in [0.5, 0.6) is 0 Å². The quantitative estimate of drug-likeness (QED) is 0.868. The monoisotopic (exact) mass is 241 g/mol. The third kappa shape index (κ3) is 3.14. The predicted molar refractivity (Wildman–Crippen MR) is 62.1 cm³/mol. The summed E-state index contributed by atoms with van der Waals surface area (Å²) in [5.41, 5.74) is 0.933. The van der Waals surface area contributed by atoms with Crippen LogP contribution in [0.3, 0.4) is 0 Å². The summed E-state index contributed by atoms with van der Waals surface area (Å²) < 4.78 is 0. The SMILES string of the molecule is OC[C@H]1CCCN(Cc2ccc(Cl)nn2)C1. The van der Waals surface area contributed by atoms with Crippen molar-refractivity contribution < 1.29 is 5.11 Å². The van der Waals surface area contributed by atoms with Gasteiger partial charge in [0.2, 0.25) is 0 Å². The van der Waals surface area contributed by atoms with Crippen molar-refractivity contribution in [2.45, 2.75) is 19.4 Å². The highest BCUT2D eigenvalue weighted by atomic mass is 35.5. The van der Waals surface area contributed by atoms with Gasteiger partial charge < -0.3 is 5.11 Å². The molecule has 1 aliphatic rings. The summed E-state index contributed by atoms with van der Waals surface area (Å²) in [5, 5.41) is 17.4. The van der Waals surface area contributed by atoms with E-state index in [1.807, 2.05) is 6.07 Å². The number of halogens is 1. The number of likely N-dealkylation sites (tertiary alicyclic amines) is 1. The Hall–Kier alpha value is -0.710. The predicted octanol–water partition coefficient (Wildman–Crippen LogP) is 1.33. The normalized spacial score (nSPS) is 22.2. The summed E-state index contributed by atoms with van der Waals surface area (Å²) in [6, 6.07) is 3.66. The summed E-state index contributed by atoms with van der Waals surface area (Å²) in [6.45, 7) is 3.09. The summed E-state index contributed by atoms with van der Waals surface area (Å²) >= 11 is 5.68. The molecule has 0 radical (unpaired) electrons. The Morgan fingerprint density at radius 1 is 1.44 bits per heavy atom. The molecule has 1 atom stereocenters. The number of rotatable bonds is 3. The molecule has 0 bridgehead atoms.